The maximum atomic E-state index is 12.3. The number of rotatable bonds is 7. The third-order valence-corrected chi connectivity index (χ3v) is 3.58. The molecule has 0 atom stereocenters. The normalized spacial score (nSPS) is 9.54. The number of carbonyl (C=O) groups excluding carboxylic acids is 2. The summed E-state index contributed by atoms with van der Waals surface area (Å²) in [7, 11) is 2.99. The highest BCUT2D eigenvalue weighted by Crippen LogP contribution is 2.30. The molecule has 0 aliphatic heterocycles. The molecule has 0 aromatic heterocycles. The molecule has 28 heavy (non-hydrogen) atoms. The molecule has 2 rings (SSSR count). The smallest absolute Gasteiger partial charge is 0.255 e. The lowest BCUT2D eigenvalue weighted by Gasteiger charge is -2.11. The first-order valence-electron chi connectivity index (χ1n) is 8.50. The van der Waals surface area contributed by atoms with Gasteiger partial charge in [-0.2, -0.15) is 0 Å². The Hall–Kier alpha value is -3.66. The van der Waals surface area contributed by atoms with Crippen molar-refractivity contribution in [3.8, 4) is 29.1 Å². The lowest BCUT2D eigenvalue weighted by molar-refractivity contribution is -0.114. The van der Waals surface area contributed by atoms with Crippen molar-refractivity contribution in [1.82, 2.24) is 5.32 Å². The zero-order valence-electron chi connectivity index (χ0n) is 16.0. The minimum atomic E-state index is -0.311. The number of hydrogen-bond donors (Lipinski definition) is 2. The number of amides is 2. The van der Waals surface area contributed by atoms with Crippen LogP contribution in [0.15, 0.2) is 42.5 Å². The Morgan fingerprint density at radius 1 is 1.04 bits per heavy atom. The fourth-order valence-electron chi connectivity index (χ4n) is 2.39. The largest absolute Gasteiger partial charge is 0.493 e. The molecule has 0 bridgehead atoms. The van der Waals surface area contributed by atoms with Gasteiger partial charge in [-0.15, -0.1) is 0 Å². The first-order chi connectivity index (χ1) is 13.5. The van der Waals surface area contributed by atoms with Gasteiger partial charge in [-0.1, -0.05) is 24.0 Å². The molecule has 7 nitrogen and oxygen atoms in total. The van der Waals surface area contributed by atoms with Crippen molar-refractivity contribution in [2.24, 2.45) is 0 Å². The van der Waals surface area contributed by atoms with Gasteiger partial charge in [0.1, 0.15) is 12.4 Å². The summed E-state index contributed by atoms with van der Waals surface area (Å²) in [6.07, 6.45) is 0. The van der Waals surface area contributed by atoms with Crippen LogP contribution >= 0.6 is 0 Å². The molecule has 0 fully saturated rings. The lowest BCUT2D eigenvalue weighted by atomic mass is 10.1. The van der Waals surface area contributed by atoms with E-state index in [1.807, 2.05) is 0 Å². The zero-order chi connectivity index (χ0) is 20.4. The number of hydrogen-bond acceptors (Lipinski definition) is 5. The maximum absolute atomic E-state index is 12.3. The van der Waals surface area contributed by atoms with Gasteiger partial charge in [0.25, 0.3) is 5.91 Å². The van der Waals surface area contributed by atoms with Crippen molar-refractivity contribution >= 4 is 17.5 Å². The second-order valence-corrected chi connectivity index (χ2v) is 5.58. The van der Waals surface area contributed by atoms with Crippen molar-refractivity contribution in [2.45, 2.75) is 6.92 Å². The number of para-hydroxylation sites is 1. The Morgan fingerprint density at radius 2 is 1.82 bits per heavy atom. The molecular weight excluding hydrogens is 360 g/mol. The quantitative estimate of drug-likeness (QED) is 0.719. The van der Waals surface area contributed by atoms with Crippen molar-refractivity contribution in [1.29, 1.82) is 0 Å². The van der Waals surface area contributed by atoms with Crippen LogP contribution in [0.3, 0.4) is 0 Å². The van der Waals surface area contributed by atoms with Gasteiger partial charge in [-0.3, -0.25) is 9.59 Å². The standard InChI is InChI=1S/C21H22N2O5/c1-15(24)23-16-8-6-9-17(14-16)28-13-5-4-12-22-21(25)18-10-7-11-19(26-2)20(18)27-3/h6-11,14H,12-13H2,1-3H3,(H,22,25)(H,23,24). The number of nitrogens with one attached hydrogen (secondary N) is 2. The van der Waals surface area contributed by atoms with E-state index in [0.717, 1.165) is 0 Å². The average Bonchev–Trinajstić information content (AvgIpc) is 2.69. The van der Waals surface area contributed by atoms with E-state index < -0.39 is 0 Å². The Balaban J connectivity index is 1.84. The molecule has 0 aliphatic rings. The number of anilines is 1. The molecule has 7 heteroatoms. The molecule has 0 spiro atoms. The predicted octanol–water partition coefficient (Wildman–Crippen LogP) is 2.47. The predicted molar refractivity (Wildman–Crippen MR) is 106 cm³/mol. The van der Waals surface area contributed by atoms with Crippen LogP contribution in [-0.4, -0.2) is 39.2 Å². The second-order valence-electron chi connectivity index (χ2n) is 5.58. The first kappa shape index (κ1) is 20.6. The molecule has 2 aromatic carbocycles. The van der Waals surface area contributed by atoms with Gasteiger partial charge in [0, 0.05) is 18.7 Å². The summed E-state index contributed by atoms with van der Waals surface area (Å²) in [4.78, 5) is 23.4. The van der Waals surface area contributed by atoms with Gasteiger partial charge < -0.3 is 24.8 Å². The summed E-state index contributed by atoms with van der Waals surface area (Å²) in [6.45, 7) is 1.75. The summed E-state index contributed by atoms with van der Waals surface area (Å²) in [5, 5.41) is 5.38. The molecule has 2 N–H and O–H groups in total. The van der Waals surface area contributed by atoms with Gasteiger partial charge in [-0.05, 0) is 24.3 Å². The average molecular weight is 382 g/mol. The highest BCUT2D eigenvalue weighted by atomic mass is 16.5. The van der Waals surface area contributed by atoms with Crippen LogP contribution in [0.1, 0.15) is 17.3 Å². The summed E-state index contributed by atoms with van der Waals surface area (Å²) >= 11 is 0. The monoisotopic (exact) mass is 382 g/mol. The molecule has 0 saturated carbocycles. The van der Waals surface area contributed by atoms with Gasteiger partial charge >= 0.3 is 0 Å². The maximum Gasteiger partial charge on any atom is 0.255 e. The van der Waals surface area contributed by atoms with Gasteiger partial charge in [-0.25, -0.2) is 0 Å². The third kappa shape index (κ3) is 5.95. The van der Waals surface area contributed by atoms with E-state index in [-0.39, 0.29) is 25.0 Å². The van der Waals surface area contributed by atoms with Crippen LogP contribution < -0.4 is 24.8 Å². The highest BCUT2D eigenvalue weighted by Gasteiger charge is 2.15. The van der Waals surface area contributed by atoms with Crippen LogP contribution in [0, 0.1) is 11.8 Å². The van der Waals surface area contributed by atoms with E-state index in [4.69, 9.17) is 14.2 Å². The van der Waals surface area contributed by atoms with Crippen molar-refractivity contribution in [3.63, 3.8) is 0 Å². The Kier molecular flexibility index (Phi) is 7.73. The van der Waals surface area contributed by atoms with Gasteiger partial charge in [0.2, 0.25) is 5.91 Å². The molecule has 0 saturated heterocycles. The Morgan fingerprint density at radius 3 is 2.54 bits per heavy atom. The van der Waals surface area contributed by atoms with Crippen molar-refractivity contribution in [3.05, 3.63) is 48.0 Å². The number of ether oxygens (including phenoxy) is 3. The SMILES string of the molecule is COc1cccc(C(=O)NCC#CCOc2cccc(NC(C)=O)c2)c1OC. The summed E-state index contributed by atoms with van der Waals surface area (Å²) in [6, 6.07) is 12.1. The minimum absolute atomic E-state index is 0.152. The van der Waals surface area contributed by atoms with Gasteiger partial charge in [0.15, 0.2) is 11.5 Å². The van der Waals surface area contributed by atoms with E-state index in [2.05, 4.69) is 22.5 Å². The molecule has 2 aromatic rings. The molecule has 146 valence electrons. The van der Waals surface area contributed by atoms with E-state index in [1.165, 1.54) is 21.1 Å². The van der Waals surface area contributed by atoms with Crippen LogP contribution in [-0.2, 0) is 4.79 Å². The van der Waals surface area contributed by atoms with Crippen molar-refractivity contribution in [2.75, 3.05) is 32.7 Å². The molecule has 0 aliphatic carbocycles. The second kappa shape index (κ2) is 10.5. The molecule has 0 heterocycles. The zero-order valence-corrected chi connectivity index (χ0v) is 16.0. The Labute approximate surface area is 164 Å². The van der Waals surface area contributed by atoms with Crippen LogP contribution in [0.2, 0.25) is 0 Å². The third-order valence-electron chi connectivity index (χ3n) is 3.58. The first-order valence-corrected chi connectivity index (χ1v) is 8.50. The number of carbonyl (C=O) groups is 2. The van der Waals surface area contributed by atoms with Gasteiger partial charge in [0.05, 0.1) is 26.3 Å². The van der Waals surface area contributed by atoms with Crippen molar-refractivity contribution < 1.29 is 23.8 Å². The van der Waals surface area contributed by atoms with Crippen LogP contribution in [0.5, 0.6) is 17.2 Å². The van der Waals surface area contributed by atoms with E-state index in [9.17, 15) is 9.59 Å². The van der Waals surface area contributed by atoms with Crippen LogP contribution in [0.25, 0.3) is 0 Å². The molecule has 0 unspecified atom stereocenters. The minimum Gasteiger partial charge on any atom is -0.493 e. The molecular formula is C21H22N2O5. The molecule has 2 amide bonds. The fraction of sp³-hybridized carbons (Fsp3) is 0.238. The number of benzene rings is 2. The summed E-state index contributed by atoms with van der Waals surface area (Å²) < 4.78 is 15.9. The fourth-order valence-corrected chi connectivity index (χ4v) is 2.39. The lowest BCUT2D eigenvalue weighted by Crippen LogP contribution is -2.24. The van der Waals surface area contributed by atoms with E-state index in [1.54, 1.807) is 42.5 Å². The summed E-state index contributed by atoms with van der Waals surface area (Å²) in [5.74, 6) is 6.62. The summed E-state index contributed by atoms with van der Waals surface area (Å²) in [5.41, 5.74) is 1.02. The van der Waals surface area contributed by atoms with Crippen LogP contribution in [0.4, 0.5) is 5.69 Å². The number of methoxy groups -OCH3 is 2. The van der Waals surface area contributed by atoms with E-state index in [0.29, 0.717) is 28.5 Å². The molecule has 0 radical (unpaired) electrons. The van der Waals surface area contributed by atoms with E-state index >= 15 is 0 Å². The topological polar surface area (TPSA) is 85.9 Å². The highest BCUT2D eigenvalue weighted by molar-refractivity contribution is 5.97. The Bertz CT molecular complexity index is 899.